The first-order chi connectivity index (χ1) is 11.0. The van der Waals surface area contributed by atoms with Crippen molar-refractivity contribution in [1.29, 1.82) is 0 Å². The number of carbonyl (C=O) groups excluding carboxylic acids is 3. The van der Waals surface area contributed by atoms with E-state index in [0.29, 0.717) is 16.5 Å². The largest absolute Gasteiger partial charge is 0.462 e. The first kappa shape index (κ1) is 17.5. The highest BCUT2D eigenvalue weighted by Gasteiger charge is 2.40. The third kappa shape index (κ3) is 4.54. The average molecular weight is 339 g/mol. The van der Waals surface area contributed by atoms with E-state index in [2.05, 4.69) is 5.32 Å². The number of ether oxygens (including phenoxy) is 2. The van der Waals surface area contributed by atoms with E-state index in [1.807, 2.05) is 13.8 Å². The van der Waals surface area contributed by atoms with Gasteiger partial charge in [-0.2, -0.15) is 0 Å². The highest BCUT2D eigenvalue weighted by Crippen LogP contribution is 2.38. The first-order valence-electron chi connectivity index (χ1n) is 7.72. The summed E-state index contributed by atoms with van der Waals surface area (Å²) in [5, 5.41) is 3.06. The number of hydrogen-bond acceptors (Lipinski definition) is 6. The molecular formula is C16H21NO5S. The Morgan fingerprint density at radius 2 is 2.00 bits per heavy atom. The van der Waals surface area contributed by atoms with Crippen molar-refractivity contribution in [3.05, 3.63) is 16.5 Å². The van der Waals surface area contributed by atoms with Crippen LogP contribution in [0.3, 0.4) is 0 Å². The molecule has 0 spiro atoms. The molecule has 2 rings (SSSR count). The van der Waals surface area contributed by atoms with E-state index >= 15 is 0 Å². The van der Waals surface area contributed by atoms with Crippen LogP contribution in [0, 0.1) is 11.8 Å². The van der Waals surface area contributed by atoms with Crippen LogP contribution in [0.1, 0.15) is 42.4 Å². The van der Waals surface area contributed by atoms with E-state index in [1.165, 1.54) is 11.3 Å². The number of anilines is 1. The van der Waals surface area contributed by atoms with Gasteiger partial charge in [-0.05, 0) is 31.7 Å². The second kappa shape index (κ2) is 7.59. The molecule has 0 unspecified atom stereocenters. The number of nitrogens with one attached hydrogen (secondary N) is 1. The molecule has 126 valence electrons. The van der Waals surface area contributed by atoms with Gasteiger partial charge in [-0.15, -0.1) is 11.3 Å². The van der Waals surface area contributed by atoms with Crippen LogP contribution in [0.15, 0.2) is 6.07 Å². The maximum Gasteiger partial charge on any atom is 0.341 e. The van der Waals surface area contributed by atoms with Gasteiger partial charge in [0, 0.05) is 4.88 Å². The molecule has 7 heteroatoms. The van der Waals surface area contributed by atoms with Crippen molar-refractivity contribution in [2.45, 2.75) is 33.6 Å². The van der Waals surface area contributed by atoms with Crippen LogP contribution in [-0.4, -0.2) is 31.1 Å². The minimum absolute atomic E-state index is 0.0775. The number of hydrogen-bond donors (Lipinski definition) is 1. The van der Waals surface area contributed by atoms with E-state index in [4.69, 9.17) is 9.47 Å². The lowest BCUT2D eigenvalue weighted by Crippen LogP contribution is -2.22. The monoisotopic (exact) mass is 339 g/mol. The fourth-order valence-corrected chi connectivity index (χ4v) is 3.13. The molecule has 1 aromatic heterocycles. The number of carbonyl (C=O) groups is 3. The molecule has 6 nitrogen and oxygen atoms in total. The van der Waals surface area contributed by atoms with Gasteiger partial charge in [0.05, 0.1) is 18.1 Å². The van der Waals surface area contributed by atoms with Gasteiger partial charge in [-0.25, -0.2) is 4.79 Å². The lowest BCUT2D eigenvalue weighted by molar-refractivity contribution is -0.148. The van der Waals surface area contributed by atoms with Gasteiger partial charge in [-0.1, -0.05) is 13.8 Å². The van der Waals surface area contributed by atoms with E-state index < -0.39 is 11.9 Å². The van der Waals surface area contributed by atoms with E-state index in [9.17, 15) is 14.4 Å². The zero-order valence-electron chi connectivity index (χ0n) is 13.5. The Hall–Kier alpha value is -1.89. The Kier molecular flexibility index (Phi) is 5.76. The van der Waals surface area contributed by atoms with Crippen molar-refractivity contribution >= 4 is 34.2 Å². The zero-order chi connectivity index (χ0) is 17.0. The number of esters is 2. The first-order valence-corrected chi connectivity index (χ1v) is 8.54. The van der Waals surface area contributed by atoms with E-state index in [1.54, 1.807) is 13.0 Å². The van der Waals surface area contributed by atoms with Crippen LogP contribution in [0.5, 0.6) is 0 Å². The molecule has 0 aromatic carbocycles. The molecule has 1 aliphatic carbocycles. The molecule has 1 amide bonds. The van der Waals surface area contributed by atoms with Crippen molar-refractivity contribution in [2.75, 3.05) is 18.5 Å². The highest BCUT2D eigenvalue weighted by molar-refractivity contribution is 7.16. The van der Waals surface area contributed by atoms with Crippen LogP contribution >= 0.6 is 11.3 Å². The number of amides is 1. The molecule has 1 fully saturated rings. The Labute approximate surface area is 139 Å². The van der Waals surface area contributed by atoms with E-state index in [0.717, 1.165) is 17.7 Å². The summed E-state index contributed by atoms with van der Waals surface area (Å²) in [5.74, 6) is -1.00. The van der Waals surface area contributed by atoms with Crippen LogP contribution in [0.2, 0.25) is 0 Å². The maximum absolute atomic E-state index is 11.9. The molecule has 1 N–H and O–H groups in total. The predicted molar refractivity (Wildman–Crippen MR) is 86.5 cm³/mol. The lowest BCUT2D eigenvalue weighted by atomic mass is 10.2. The normalized spacial score (nSPS) is 19.1. The number of aryl methyl sites for hydroxylation is 1. The van der Waals surface area contributed by atoms with Crippen LogP contribution in [0.25, 0.3) is 0 Å². The molecule has 0 bridgehead atoms. The lowest BCUT2D eigenvalue weighted by Gasteiger charge is -2.07. The van der Waals surface area contributed by atoms with Gasteiger partial charge in [0.2, 0.25) is 0 Å². The molecule has 0 saturated heterocycles. The molecule has 1 heterocycles. The Bertz CT molecular complexity index is 610. The van der Waals surface area contributed by atoms with Gasteiger partial charge in [0.25, 0.3) is 5.91 Å². The summed E-state index contributed by atoms with van der Waals surface area (Å²) in [7, 11) is 0. The van der Waals surface area contributed by atoms with Crippen LogP contribution < -0.4 is 5.32 Å². The molecule has 2 atom stereocenters. The molecule has 1 saturated carbocycles. The fourth-order valence-electron chi connectivity index (χ4n) is 2.13. The van der Waals surface area contributed by atoms with Crippen LogP contribution in [-0.2, 0) is 25.5 Å². The zero-order valence-corrected chi connectivity index (χ0v) is 14.3. The van der Waals surface area contributed by atoms with E-state index in [-0.39, 0.29) is 25.1 Å². The summed E-state index contributed by atoms with van der Waals surface area (Å²) < 4.78 is 9.98. The van der Waals surface area contributed by atoms with Gasteiger partial charge in [0.1, 0.15) is 5.00 Å². The van der Waals surface area contributed by atoms with Crippen molar-refractivity contribution < 1.29 is 23.9 Å². The summed E-state index contributed by atoms with van der Waals surface area (Å²) >= 11 is 1.32. The molecule has 0 radical (unpaired) electrons. The van der Waals surface area contributed by atoms with Crippen molar-refractivity contribution in [1.82, 2.24) is 0 Å². The second-order valence-electron chi connectivity index (χ2n) is 5.50. The molecular weight excluding hydrogens is 318 g/mol. The third-order valence-corrected chi connectivity index (χ3v) is 4.83. The smallest absolute Gasteiger partial charge is 0.341 e. The molecule has 0 aliphatic heterocycles. The maximum atomic E-state index is 11.9. The van der Waals surface area contributed by atoms with Gasteiger partial charge in [-0.3, -0.25) is 9.59 Å². The van der Waals surface area contributed by atoms with Gasteiger partial charge < -0.3 is 14.8 Å². The Morgan fingerprint density at radius 1 is 1.30 bits per heavy atom. The quantitative estimate of drug-likeness (QED) is 0.772. The summed E-state index contributed by atoms with van der Waals surface area (Å²) in [4.78, 5) is 36.4. The standard InChI is InChI=1S/C16H21NO5S/c1-4-10-7-12(16(20)21-5-2)14(23-10)17-13(18)8-22-15(19)11-6-9(11)3/h7,9,11H,4-6,8H2,1-3H3,(H,17,18)/t9-,11-/m1/s1. The summed E-state index contributed by atoms with van der Waals surface area (Å²) in [6.07, 6.45) is 1.57. The summed E-state index contributed by atoms with van der Waals surface area (Å²) in [6, 6.07) is 1.72. The Morgan fingerprint density at radius 3 is 2.57 bits per heavy atom. The minimum Gasteiger partial charge on any atom is -0.462 e. The Balaban J connectivity index is 1.95. The number of rotatable bonds is 7. The van der Waals surface area contributed by atoms with Gasteiger partial charge >= 0.3 is 11.9 Å². The molecule has 1 aliphatic rings. The molecule has 23 heavy (non-hydrogen) atoms. The summed E-state index contributed by atoms with van der Waals surface area (Å²) in [6.45, 7) is 5.58. The van der Waals surface area contributed by atoms with Gasteiger partial charge in [0.15, 0.2) is 6.61 Å². The fraction of sp³-hybridized carbons (Fsp3) is 0.562. The second-order valence-corrected chi connectivity index (χ2v) is 6.64. The van der Waals surface area contributed by atoms with Crippen LogP contribution in [0.4, 0.5) is 5.00 Å². The average Bonchev–Trinajstić information content (AvgIpc) is 3.10. The molecule has 1 aromatic rings. The van der Waals surface area contributed by atoms with Crippen molar-refractivity contribution in [3.8, 4) is 0 Å². The topological polar surface area (TPSA) is 81.7 Å². The number of thiophene rings is 1. The van der Waals surface area contributed by atoms with Crippen molar-refractivity contribution in [2.24, 2.45) is 11.8 Å². The van der Waals surface area contributed by atoms with Crippen molar-refractivity contribution in [3.63, 3.8) is 0 Å². The predicted octanol–water partition coefficient (Wildman–Crippen LogP) is 2.62. The SMILES string of the molecule is CCOC(=O)c1cc(CC)sc1NC(=O)COC(=O)[C@@H]1C[C@H]1C. The third-order valence-electron chi connectivity index (χ3n) is 3.64. The highest BCUT2D eigenvalue weighted by atomic mass is 32.1. The minimum atomic E-state index is -0.470. The summed E-state index contributed by atoms with van der Waals surface area (Å²) in [5.41, 5.74) is 0.337.